The van der Waals surface area contributed by atoms with Crippen molar-refractivity contribution in [3.8, 4) is 0 Å². The second-order valence-corrected chi connectivity index (χ2v) is 5.19. The summed E-state index contributed by atoms with van der Waals surface area (Å²) in [6.45, 7) is 2.25. The van der Waals surface area contributed by atoms with E-state index in [1.54, 1.807) is 12.2 Å². The van der Waals surface area contributed by atoms with Crippen LogP contribution in [-0.4, -0.2) is 34.1 Å². The summed E-state index contributed by atoms with van der Waals surface area (Å²) < 4.78 is 0. The Balaban J connectivity index is -0.000000735. The van der Waals surface area contributed by atoms with Gasteiger partial charge < -0.3 is 7.96 Å². The van der Waals surface area contributed by atoms with Crippen molar-refractivity contribution in [2.24, 2.45) is 0 Å². The molecule has 0 unspecified atom stereocenters. The molecule has 0 aromatic rings. The number of unbranched alkanes of at least 4 members (excludes halogenated alkanes) is 7. The fourth-order valence-corrected chi connectivity index (χ4v) is 1.92. The third-order valence-corrected chi connectivity index (χ3v) is 3.13. The second kappa shape index (κ2) is 20.9. The van der Waals surface area contributed by atoms with Gasteiger partial charge in [0, 0.05) is 6.08 Å². The number of aliphatic carboxylic acids is 1. The molecule has 1 N–H and O–H groups in total. The van der Waals surface area contributed by atoms with E-state index in [1.165, 1.54) is 51.0 Å². The molecule has 0 atom stereocenters. The normalized spacial score (nSPS) is 12.2. The van der Waals surface area contributed by atoms with E-state index in [1.807, 2.05) is 24.3 Å². The van der Waals surface area contributed by atoms with Crippen LogP contribution in [0.3, 0.4) is 0 Å². The average molecular weight is 329 g/mol. The van der Waals surface area contributed by atoms with E-state index in [4.69, 9.17) is 5.11 Å². The van der Waals surface area contributed by atoms with Crippen molar-refractivity contribution in [1.29, 1.82) is 0 Å². The van der Waals surface area contributed by atoms with Crippen LogP contribution in [0.2, 0.25) is 0 Å². The molecule has 0 rings (SSSR count). The molecule has 3 heteroatoms. The van der Waals surface area contributed by atoms with Gasteiger partial charge in [0.25, 0.3) is 0 Å². The minimum absolute atomic E-state index is 0. The first-order valence-corrected chi connectivity index (χ1v) is 8.33. The molecule has 2 nitrogen and oxygen atoms in total. The van der Waals surface area contributed by atoms with Crippen LogP contribution in [-0.2, 0) is 4.79 Å². The van der Waals surface area contributed by atoms with Gasteiger partial charge in [0.1, 0.15) is 0 Å². The minimum Gasteiger partial charge on any atom is -1.00 e. The Hall–Kier alpha value is -1.06. The first-order chi connectivity index (χ1) is 10.8. The first-order valence-electron chi connectivity index (χ1n) is 8.33. The Bertz CT molecular complexity index is 414. The molecular weight excluding hydrogens is 297 g/mol. The van der Waals surface area contributed by atoms with E-state index >= 15 is 0 Å². The van der Waals surface area contributed by atoms with Crippen LogP contribution < -0.4 is 0 Å². The molecule has 0 aromatic heterocycles. The summed E-state index contributed by atoms with van der Waals surface area (Å²) in [6, 6.07) is 0. The molecule has 0 spiro atoms. The molecular formula is C20H32MgO2. The molecule has 0 aliphatic rings. The van der Waals surface area contributed by atoms with Crippen molar-refractivity contribution >= 4 is 29.0 Å². The number of carbonyl (C=O) groups is 1. The molecule has 0 amide bonds. The topological polar surface area (TPSA) is 37.3 Å². The maximum absolute atomic E-state index is 10.2. The number of hydrogen-bond donors (Lipinski definition) is 1. The van der Waals surface area contributed by atoms with Crippen molar-refractivity contribution in [2.45, 2.75) is 58.3 Å². The van der Waals surface area contributed by atoms with Crippen LogP contribution in [0.15, 0.2) is 60.8 Å². The zero-order chi connectivity index (χ0) is 16.3. The Labute approximate surface area is 160 Å². The number of rotatable bonds is 13. The minimum atomic E-state index is -0.931. The molecule has 0 aromatic carbocycles. The molecule has 0 bridgehead atoms. The molecule has 0 saturated heterocycles. The summed E-state index contributed by atoms with van der Waals surface area (Å²) in [4.78, 5) is 10.2. The Morgan fingerprint density at radius 2 is 1.26 bits per heavy atom. The van der Waals surface area contributed by atoms with Gasteiger partial charge in [-0.15, -0.1) is 0 Å². The van der Waals surface area contributed by atoms with Crippen LogP contribution in [0.4, 0.5) is 0 Å². The van der Waals surface area contributed by atoms with E-state index in [9.17, 15) is 4.79 Å². The number of allylic oxidation sites excluding steroid dienone is 9. The van der Waals surface area contributed by atoms with Gasteiger partial charge in [-0.1, -0.05) is 100 Å². The zero-order valence-corrected chi connectivity index (χ0v) is 15.9. The number of hydrogen-bond acceptors (Lipinski definition) is 1. The fourth-order valence-electron chi connectivity index (χ4n) is 1.92. The molecule has 126 valence electrons. The van der Waals surface area contributed by atoms with Crippen molar-refractivity contribution in [1.82, 2.24) is 0 Å². The average Bonchev–Trinajstić information content (AvgIpc) is 2.50. The van der Waals surface area contributed by atoms with Crippen LogP contribution in [0.5, 0.6) is 0 Å². The summed E-state index contributed by atoms with van der Waals surface area (Å²) in [5.41, 5.74) is 0. The van der Waals surface area contributed by atoms with Crippen LogP contribution in [0.1, 0.15) is 61.1 Å². The van der Waals surface area contributed by atoms with Gasteiger partial charge in [-0.2, -0.15) is 0 Å². The van der Waals surface area contributed by atoms with Crippen molar-refractivity contribution in [3.05, 3.63) is 60.8 Å². The second-order valence-electron chi connectivity index (χ2n) is 5.19. The van der Waals surface area contributed by atoms with Gasteiger partial charge in [-0.3, -0.25) is 0 Å². The van der Waals surface area contributed by atoms with Gasteiger partial charge in [0.2, 0.25) is 0 Å². The third-order valence-electron chi connectivity index (χ3n) is 3.13. The van der Waals surface area contributed by atoms with Gasteiger partial charge in [0.05, 0.1) is 0 Å². The Morgan fingerprint density at radius 1 is 0.783 bits per heavy atom. The molecule has 0 radical (unpaired) electrons. The third kappa shape index (κ3) is 23.3. The smallest absolute Gasteiger partial charge is 1.00 e. The van der Waals surface area contributed by atoms with Gasteiger partial charge >= 0.3 is 29.0 Å². The summed E-state index contributed by atoms with van der Waals surface area (Å²) in [5, 5.41) is 8.38. The van der Waals surface area contributed by atoms with Crippen LogP contribution >= 0.6 is 0 Å². The summed E-state index contributed by atoms with van der Waals surface area (Å²) in [7, 11) is 0. The van der Waals surface area contributed by atoms with E-state index in [2.05, 4.69) is 19.1 Å². The van der Waals surface area contributed by atoms with Crippen molar-refractivity contribution < 1.29 is 12.8 Å². The van der Waals surface area contributed by atoms with E-state index in [0.717, 1.165) is 12.5 Å². The molecule has 0 fully saturated rings. The largest absolute Gasteiger partial charge is 2.00 e. The quantitative estimate of drug-likeness (QED) is 0.200. The van der Waals surface area contributed by atoms with E-state index < -0.39 is 5.97 Å². The monoisotopic (exact) mass is 328 g/mol. The van der Waals surface area contributed by atoms with Gasteiger partial charge in [0.15, 0.2) is 0 Å². The van der Waals surface area contributed by atoms with Crippen molar-refractivity contribution in [3.63, 3.8) is 0 Å². The van der Waals surface area contributed by atoms with E-state index in [-0.39, 0.29) is 25.9 Å². The predicted octanol–water partition coefficient (Wildman–Crippen LogP) is 5.84. The molecule has 0 aliphatic carbocycles. The zero-order valence-electron chi connectivity index (χ0n) is 16.5. The van der Waals surface area contributed by atoms with Gasteiger partial charge in [-0.25, -0.2) is 4.79 Å². The number of carboxylic acids is 1. The SMILES string of the molecule is CCCCCCCCCC=CC=CC=CC=CC=CC(=O)O.[H-].[H-].[Mg+2]. The summed E-state index contributed by atoms with van der Waals surface area (Å²) in [5.74, 6) is -0.931. The predicted molar refractivity (Wildman–Crippen MR) is 104 cm³/mol. The standard InChI is InChI=1S/C20H30O2.Mg.2H/c1-2-3-4-5-6-7-8-9-10-11-12-13-14-15-16-17-18-19-20(21)22;;;/h10-19H,2-9H2,1H3,(H,21,22);;;/q;+2;2*-1. The fraction of sp³-hybridized carbons (Fsp3) is 0.450. The Kier molecular flexibility index (Phi) is 22.0. The molecule has 0 saturated carbocycles. The van der Waals surface area contributed by atoms with E-state index in [0.29, 0.717) is 0 Å². The first kappa shape index (κ1) is 24.2. The molecule has 0 aliphatic heterocycles. The maximum atomic E-state index is 10.2. The number of carboxylic acid groups (broad SMARTS) is 1. The van der Waals surface area contributed by atoms with Crippen LogP contribution in [0, 0.1) is 0 Å². The Morgan fingerprint density at radius 3 is 1.83 bits per heavy atom. The van der Waals surface area contributed by atoms with Crippen LogP contribution in [0.25, 0.3) is 0 Å². The summed E-state index contributed by atoms with van der Waals surface area (Å²) in [6.07, 6.45) is 28.8. The van der Waals surface area contributed by atoms with Gasteiger partial charge in [-0.05, 0) is 12.8 Å². The summed E-state index contributed by atoms with van der Waals surface area (Å²) >= 11 is 0. The molecule has 0 heterocycles. The molecule has 23 heavy (non-hydrogen) atoms. The van der Waals surface area contributed by atoms with Crippen molar-refractivity contribution in [2.75, 3.05) is 0 Å². The maximum Gasteiger partial charge on any atom is 2.00 e.